The minimum Gasteiger partial charge on any atom is -0.382 e. The molecule has 1 heterocycles. The molecule has 1 N–H and O–H groups in total. The van der Waals surface area contributed by atoms with Gasteiger partial charge in [0.05, 0.1) is 0 Å². The maximum absolute atomic E-state index is 3.65. The summed E-state index contributed by atoms with van der Waals surface area (Å²) in [5.41, 5.74) is 2.58. The second-order valence-corrected chi connectivity index (χ2v) is 5.47. The second-order valence-electron chi connectivity index (χ2n) is 5.47. The molecular formula is C15H24N2. The maximum atomic E-state index is 3.65. The number of hydrogen-bond acceptors (Lipinski definition) is 2. The highest BCUT2D eigenvalue weighted by Crippen LogP contribution is 2.21. The Hall–Kier alpha value is -1.02. The van der Waals surface area contributed by atoms with E-state index in [9.17, 15) is 0 Å². The lowest BCUT2D eigenvalue weighted by molar-refractivity contribution is 0.197. The van der Waals surface area contributed by atoms with Gasteiger partial charge in [-0.25, -0.2) is 0 Å². The molecule has 1 saturated heterocycles. The first-order valence-electron chi connectivity index (χ1n) is 6.67. The molecule has 17 heavy (non-hydrogen) atoms. The molecule has 0 aromatic heterocycles. The number of nitrogens with zero attached hydrogens (tertiary/aromatic N) is 1. The molecule has 0 aliphatic carbocycles. The number of benzene rings is 1. The van der Waals surface area contributed by atoms with Gasteiger partial charge in [-0.2, -0.15) is 0 Å². The summed E-state index contributed by atoms with van der Waals surface area (Å²) in [5.74, 6) is 0.772. The van der Waals surface area contributed by atoms with Crippen LogP contribution >= 0.6 is 0 Å². The molecule has 1 aromatic carbocycles. The highest BCUT2D eigenvalue weighted by molar-refractivity contribution is 5.46. The van der Waals surface area contributed by atoms with E-state index in [1.807, 2.05) is 0 Å². The Morgan fingerprint density at radius 2 is 2.24 bits per heavy atom. The van der Waals surface area contributed by atoms with E-state index < -0.39 is 0 Å². The number of rotatable bonds is 3. The normalized spacial score (nSPS) is 23.4. The molecular weight excluding hydrogens is 208 g/mol. The summed E-state index contributed by atoms with van der Waals surface area (Å²) >= 11 is 0. The van der Waals surface area contributed by atoms with E-state index in [0.717, 1.165) is 5.92 Å². The molecule has 1 aromatic rings. The first kappa shape index (κ1) is 12.4. The second kappa shape index (κ2) is 5.54. The van der Waals surface area contributed by atoms with Gasteiger partial charge in [-0.3, -0.25) is 0 Å². The van der Waals surface area contributed by atoms with Gasteiger partial charge in [-0.15, -0.1) is 0 Å². The Morgan fingerprint density at radius 1 is 1.41 bits per heavy atom. The zero-order valence-corrected chi connectivity index (χ0v) is 11.2. The van der Waals surface area contributed by atoms with Gasteiger partial charge in [-0.05, 0) is 63.9 Å². The van der Waals surface area contributed by atoms with Crippen molar-refractivity contribution in [2.45, 2.75) is 32.7 Å². The van der Waals surface area contributed by atoms with Crippen molar-refractivity contribution < 1.29 is 0 Å². The summed E-state index contributed by atoms with van der Waals surface area (Å²) in [4.78, 5) is 2.45. The first-order chi connectivity index (χ1) is 8.15. The van der Waals surface area contributed by atoms with Crippen LogP contribution in [0.1, 0.15) is 25.3 Å². The van der Waals surface area contributed by atoms with Crippen molar-refractivity contribution in [3.8, 4) is 0 Å². The summed E-state index contributed by atoms with van der Waals surface area (Å²) in [5, 5.41) is 3.65. The van der Waals surface area contributed by atoms with E-state index in [2.05, 4.69) is 55.4 Å². The Balaban J connectivity index is 1.94. The van der Waals surface area contributed by atoms with E-state index in [1.54, 1.807) is 0 Å². The van der Waals surface area contributed by atoms with Crippen molar-refractivity contribution in [3.63, 3.8) is 0 Å². The van der Waals surface area contributed by atoms with Crippen molar-refractivity contribution in [1.82, 2.24) is 4.90 Å². The van der Waals surface area contributed by atoms with Crippen molar-refractivity contribution in [3.05, 3.63) is 29.8 Å². The average Bonchev–Trinajstić information content (AvgIpc) is 2.29. The summed E-state index contributed by atoms with van der Waals surface area (Å²) < 4.78 is 0. The number of piperidine rings is 1. The number of likely N-dealkylation sites (tertiary alicyclic amines) is 1. The van der Waals surface area contributed by atoms with Crippen molar-refractivity contribution in [2.24, 2.45) is 5.92 Å². The van der Waals surface area contributed by atoms with Crippen molar-refractivity contribution in [1.29, 1.82) is 0 Å². The standard InChI is InChI=1S/C15H24N2/c1-12-6-4-8-15(10-12)16-13(2)14-7-5-9-17(3)11-14/h4,6,8,10,13-14,16H,5,7,9,11H2,1-3H3. The number of nitrogens with one attached hydrogen (secondary N) is 1. The van der Waals surface area contributed by atoms with Gasteiger partial charge in [-0.1, -0.05) is 12.1 Å². The minimum atomic E-state index is 0.555. The van der Waals surface area contributed by atoms with E-state index in [-0.39, 0.29) is 0 Å². The lowest BCUT2D eigenvalue weighted by atomic mass is 9.91. The van der Waals surface area contributed by atoms with Gasteiger partial charge in [0.25, 0.3) is 0 Å². The molecule has 2 unspecified atom stereocenters. The SMILES string of the molecule is Cc1cccc(NC(C)C2CCCN(C)C2)c1. The quantitative estimate of drug-likeness (QED) is 0.861. The lowest BCUT2D eigenvalue weighted by Crippen LogP contribution is -2.39. The van der Waals surface area contributed by atoms with Gasteiger partial charge in [0.15, 0.2) is 0 Å². The summed E-state index contributed by atoms with van der Waals surface area (Å²) in [6, 6.07) is 9.21. The monoisotopic (exact) mass is 232 g/mol. The molecule has 0 bridgehead atoms. The Bertz CT molecular complexity index is 362. The maximum Gasteiger partial charge on any atom is 0.0344 e. The van der Waals surface area contributed by atoms with Gasteiger partial charge in [0.2, 0.25) is 0 Å². The molecule has 94 valence electrons. The van der Waals surface area contributed by atoms with Crippen LogP contribution in [0.4, 0.5) is 5.69 Å². The third kappa shape index (κ3) is 3.47. The van der Waals surface area contributed by atoms with Gasteiger partial charge < -0.3 is 10.2 Å². The van der Waals surface area contributed by atoms with E-state index in [1.165, 1.54) is 37.2 Å². The Kier molecular flexibility index (Phi) is 4.06. The topological polar surface area (TPSA) is 15.3 Å². The predicted octanol–water partition coefficient (Wildman–Crippen LogP) is 3.14. The number of aryl methyl sites for hydroxylation is 1. The summed E-state index contributed by atoms with van der Waals surface area (Å²) in [6.45, 7) is 6.93. The largest absolute Gasteiger partial charge is 0.382 e. The van der Waals surface area contributed by atoms with Crippen LogP contribution in [-0.4, -0.2) is 31.1 Å². The van der Waals surface area contributed by atoms with Crippen LogP contribution in [0.5, 0.6) is 0 Å². The first-order valence-corrected chi connectivity index (χ1v) is 6.67. The van der Waals surface area contributed by atoms with Gasteiger partial charge in [0, 0.05) is 18.3 Å². The molecule has 0 radical (unpaired) electrons. The van der Waals surface area contributed by atoms with E-state index in [4.69, 9.17) is 0 Å². The fraction of sp³-hybridized carbons (Fsp3) is 0.600. The zero-order chi connectivity index (χ0) is 12.3. The number of anilines is 1. The fourth-order valence-electron chi connectivity index (χ4n) is 2.73. The third-order valence-electron chi connectivity index (χ3n) is 3.78. The molecule has 0 spiro atoms. The summed E-state index contributed by atoms with van der Waals surface area (Å²) in [7, 11) is 2.23. The smallest absolute Gasteiger partial charge is 0.0344 e. The van der Waals surface area contributed by atoms with Crippen molar-refractivity contribution >= 4 is 5.69 Å². The van der Waals surface area contributed by atoms with Crippen LogP contribution in [0.3, 0.4) is 0 Å². The highest BCUT2D eigenvalue weighted by Gasteiger charge is 2.22. The number of hydrogen-bond donors (Lipinski definition) is 1. The van der Waals surface area contributed by atoms with Crippen LogP contribution in [0.25, 0.3) is 0 Å². The van der Waals surface area contributed by atoms with Gasteiger partial charge in [0.1, 0.15) is 0 Å². The van der Waals surface area contributed by atoms with Crippen molar-refractivity contribution in [2.75, 3.05) is 25.5 Å². The molecule has 0 amide bonds. The molecule has 1 fully saturated rings. The molecule has 2 rings (SSSR count). The third-order valence-corrected chi connectivity index (χ3v) is 3.78. The highest BCUT2D eigenvalue weighted by atomic mass is 15.1. The molecule has 2 nitrogen and oxygen atoms in total. The minimum absolute atomic E-state index is 0.555. The molecule has 1 aliphatic rings. The zero-order valence-electron chi connectivity index (χ0n) is 11.2. The van der Waals surface area contributed by atoms with Gasteiger partial charge >= 0.3 is 0 Å². The molecule has 0 saturated carbocycles. The Morgan fingerprint density at radius 3 is 2.94 bits per heavy atom. The van der Waals surface area contributed by atoms with Crippen LogP contribution in [0.2, 0.25) is 0 Å². The molecule has 2 atom stereocenters. The fourth-order valence-corrected chi connectivity index (χ4v) is 2.73. The molecule has 2 heteroatoms. The van der Waals surface area contributed by atoms with Crippen LogP contribution < -0.4 is 5.32 Å². The van der Waals surface area contributed by atoms with Crippen LogP contribution in [-0.2, 0) is 0 Å². The summed E-state index contributed by atoms with van der Waals surface area (Å²) in [6.07, 6.45) is 2.69. The lowest BCUT2D eigenvalue weighted by Gasteiger charge is -2.34. The van der Waals surface area contributed by atoms with Crippen LogP contribution in [0.15, 0.2) is 24.3 Å². The van der Waals surface area contributed by atoms with E-state index >= 15 is 0 Å². The van der Waals surface area contributed by atoms with Crippen LogP contribution in [0, 0.1) is 12.8 Å². The molecule has 1 aliphatic heterocycles. The van der Waals surface area contributed by atoms with E-state index in [0.29, 0.717) is 6.04 Å². The predicted molar refractivity (Wildman–Crippen MR) is 74.5 cm³/mol. The average molecular weight is 232 g/mol. The Labute approximate surface area is 105 Å².